The Balaban J connectivity index is 1.53. The fourth-order valence-electron chi connectivity index (χ4n) is 8.74. The maximum atomic E-state index is 10.8. The third kappa shape index (κ3) is 2.81. The highest BCUT2D eigenvalue weighted by Gasteiger charge is 2.60. The van der Waals surface area contributed by atoms with Gasteiger partial charge in [-0.2, -0.15) is 0 Å². The first kappa shape index (κ1) is 19.0. The molecule has 9 unspecified atom stereocenters. The molecular weight excluding hydrogens is 320 g/mol. The summed E-state index contributed by atoms with van der Waals surface area (Å²) in [5.41, 5.74) is 1.01. The minimum absolute atomic E-state index is 0.0342. The van der Waals surface area contributed by atoms with Crippen LogP contribution in [0.15, 0.2) is 0 Å². The third-order valence-electron chi connectivity index (χ3n) is 10.1. The second-order valence-corrected chi connectivity index (χ2v) is 11.0. The molecule has 0 radical (unpaired) electrons. The number of aliphatic hydroxyl groups is 1. The van der Waals surface area contributed by atoms with Crippen LogP contribution in [0.2, 0.25) is 0 Å². The molecule has 2 heteroatoms. The Morgan fingerprint density at radius 1 is 1.00 bits per heavy atom. The first-order valence-corrected chi connectivity index (χ1v) is 11.5. The van der Waals surface area contributed by atoms with Gasteiger partial charge in [-0.25, -0.2) is 0 Å². The van der Waals surface area contributed by atoms with Crippen LogP contribution in [0.5, 0.6) is 0 Å². The molecule has 1 N–H and O–H groups in total. The lowest BCUT2D eigenvalue weighted by Crippen LogP contribution is -2.54. The van der Waals surface area contributed by atoms with Crippen molar-refractivity contribution < 1.29 is 9.90 Å². The second kappa shape index (κ2) is 6.90. The van der Waals surface area contributed by atoms with Crippen LogP contribution in [0, 0.1) is 46.3 Å². The summed E-state index contributed by atoms with van der Waals surface area (Å²) >= 11 is 0. The van der Waals surface area contributed by atoms with Gasteiger partial charge >= 0.3 is 0 Å². The van der Waals surface area contributed by atoms with E-state index in [2.05, 4.69) is 20.8 Å². The number of hydrogen-bond acceptors (Lipinski definition) is 2. The van der Waals surface area contributed by atoms with E-state index < -0.39 is 0 Å². The van der Waals surface area contributed by atoms with Gasteiger partial charge in [0.05, 0.1) is 6.10 Å². The number of hydrogen-bond donors (Lipinski definition) is 1. The number of fused-ring (bicyclic) bond motifs is 5. The highest BCUT2D eigenvalue weighted by atomic mass is 16.3. The van der Waals surface area contributed by atoms with Gasteiger partial charge < -0.3 is 9.90 Å². The van der Waals surface area contributed by atoms with Crippen molar-refractivity contribution in [3.8, 4) is 0 Å². The number of aliphatic hydroxyl groups excluding tert-OH is 1. The van der Waals surface area contributed by atoms with Crippen molar-refractivity contribution in [1.82, 2.24) is 0 Å². The maximum Gasteiger partial charge on any atom is 0.120 e. The molecule has 4 rings (SSSR count). The van der Waals surface area contributed by atoms with Gasteiger partial charge in [0.1, 0.15) is 6.29 Å². The molecule has 4 fully saturated rings. The van der Waals surface area contributed by atoms with E-state index in [1.807, 2.05) is 0 Å². The highest BCUT2D eigenvalue weighted by molar-refractivity contribution is 5.49. The van der Waals surface area contributed by atoms with E-state index in [0.717, 1.165) is 61.6 Å². The van der Waals surface area contributed by atoms with Crippen molar-refractivity contribution in [3.05, 3.63) is 0 Å². The van der Waals surface area contributed by atoms with Crippen LogP contribution >= 0.6 is 0 Å². The fraction of sp³-hybridized carbons (Fsp3) is 0.958. The molecule has 0 spiro atoms. The molecule has 0 amide bonds. The van der Waals surface area contributed by atoms with Crippen LogP contribution < -0.4 is 0 Å². The van der Waals surface area contributed by atoms with Crippen LogP contribution in [-0.4, -0.2) is 17.5 Å². The molecule has 2 nitrogen and oxygen atoms in total. The van der Waals surface area contributed by atoms with E-state index in [1.165, 1.54) is 44.9 Å². The largest absolute Gasteiger partial charge is 0.393 e. The molecule has 9 atom stereocenters. The molecule has 0 aliphatic heterocycles. The van der Waals surface area contributed by atoms with E-state index in [1.54, 1.807) is 0 Å². The predicted molar refractivity (Wildman–Crippen MR) is 106 cm³/mol. The van der Waals surface area contributed by atoms with Crippen molar-refractivity contribution in [1.29, 1.82) is 0 Å². The monoisotopic (exact) mass is 360 g/mol. The molecule has 0 heterocycles. The standard InChI is InChI=1S/C24H40O2/c1-16(5-4-14-25)20-8-9-21-19-7-6-17-15-18(26)10-12-23(17,2)22(19)11-13-24(20,21)3/h14,16-22,26H,4-13,15H2,1-3H3. The van der Waals surface area contributed by atoms with Crippen LogP contribution in [0.25, 0.3) is 0 Å². The van der Waals surface area contributed by atoms with Crippen LogP contribution in [0.4, 0.5) is 0 Å². The molecule has 4 aliphatic carbocycles. The zero-order chi connectivity index (χ0) is 18.5. The van der Waals surface area contributed by atoms with Gasteiger partial charge in [0.25, 0.3) is 0 Å². The quantitative estimate of drug-likeness (QED) is 0.661. The van der Waals surface area contributed by atoms with E-state index in [4.69, 9.17) is 0 Å². The van der Waals surface area contributed by atoms with Gasteiger partial charge in [0.15, 0.2) is 0 Å². The lowest BCUT2D eigenvalue weighted by molar-refractivity contribution is -0.129. The van der Waals surface area contributed by atoms with Gasteiger partial charge in [-0.3, -0.25) is 0 Å². The number of rotatable bonds is 4. The van der Waals surface area contributed by atoms with Gasteiger partial charge in [-0.15, -0.1) is 0 Å². The molecule has 4 aliphatic rings. The number of carbonyl (C=O) groups is 1. The molecule has 148 valence electrons. The molecule has 4 saturated carbocycles. The number of aldehydes is 1. The molecule has 0 aromatic heterocycles. The molecule has 0 bridgehead atoms. The lowest BCUT2D eigenvalue weighted by Gasteiger charge is -2.61. The summed E-state index contributed by atoms with van der Waals surface area (Å²) in [5.74, 6) is 5.02. The SMILES string of the molecule is CC(CCC=O)C1CCC2C3CCC4CC(O)CCC4(C)C3CCC12C. The first-order valence-electron chi connectivity index (χ1n) is 11.5. The maximum absolute atomic E-state index is 10.8. The summed E-state index contributed by atoms with van der Waals surface area (Å²) in [6.45, 7) is 7.61. The van der Waals surface area contributed by atoms with Crippen LogP contribution in [0.1, 0.15) is 91.4 Å². The normalized spacial score (nSPS) is 51.8. The lowest BCUT2D eigenvalue weighted by atomic mass is 9.44. The minimum atomic E-state index is -0.0342. The molecule has 0 saturated heterocycles. The summed E-state index contributed by atoms with van der Waals surface area (Å²) < 4.78 is 0. The Labute approximate surface area is 160 Å². The second-order valence-electron chi connectivity index (χ2n) is 11.0. The summed E-state index contributed by atoms with van der Waals surface area (Å²) in [6, 6.07) is 0. The average molecular weight is 361 g/mol. The first-order chi connectivity index (χ1) is 12.4. The van der Waals surface area contributed by atoms with Gasteiger partial charge in [0.2, 0.25) is 0 Å². The van der Waals surface area contributed by atoms with E-state index in [9.17, 15) is 9.90 Å². The highest BCUT2D eigenvalue weighted by Crippen LogP contribution is 2.68. The summed E-state index contributed by atoms with van der Waals surface area (Å²) in [7, 11) is 0. The van der Waals surface area contributed by atoms with Crippen molar-refractivity contribution in [2.24, 2.45) is 46.3 Å². The van der Waals surface area contributed by atoms with Gasteiger partial charge in [-0.1, -0.05) is 20.8 Å². The van der Waals surface area contributed by atoms with E-state index in [-0.39, 0.29) is 6.10 Å². The molecule has 26 heavy (non-hydrogen) atoms. The Bertz CT molecular complexity index is 530. The van der Waals surface area contributed by atoms with Crippen molar-refractivity contribution in [2.45, 2.75) is 97.5 Å². The Morgan fingerprint density at radius 3 is 2.50 bits per heavy atom. The van der Waals surface area contributed by atoms with E-state index >= 15 is 0 Å². The smallest absolute Gasteiger partial charge is 0.120 e. The van der Waals surface area contributed by atoms with Crippen molar-refractivity contribution in [3.63, 3.8) is 0 Å². The average Bonchev–Trinajstić information content (AvgIpc) is 2.97. The summed E-state index contributed by atoms with van der Waals surface area (Å²) in [4.78, 5) is 10.8. The van der Waals surface area contributed by atoms with Crippen LogP contribution in [0.3, 0.4) is 0 Å². The fourth-order valence-corrected chi connectivity index (χ4v) is 8.74. The molecular formula is C24H40O2. The topological polar surface area (TPSA) is 37.3 Å². The van der Waals surface area contributed by atoms with Crippen molar-refractivity contribution in [2.75, 3.05) is 0 Å². The van der Waals surface area contributed by atoms with E-state index in [0.29, 0.717) is 16.7 Å². The Kier molecular flexibility index (Phi) is 5.04. The minimum Gasteiger partial charge on any atom is -0.393 e. The van der Waals surface area contributed by atoms with Gasteiger partial charge in [0, 0.05) is 6.42 Å². The zero-order valence-electron chi connectivity index (χ0n) is 17.3. The van der Waals surface area contributed by atoms with Gasteiger partial charge in [-0.05, 0) is 111 Å². The molecule has 0 aromatic rings. The molecule has 0 aromatic carbocycles. The van der Waals surface area contributed by atoms with Crippen molar-refractivity contribution >= 4 is 6.29 Å². The Morgan fingerprint density at radius 2 is 1.73 bits per heavy atom. The van der Waals surface area contributed by atoms with Crippen LogP contribution in [-0.2, 0) is 4.79 Å². The third-order valence-corrected chi connectivity index (χ3v) is 10.1. The zero-order valence-corrected chi connectivity index (χ0v) is 17.3. The summed E-state index contributed by atoms with van der Waals surface area (Å²) in [6.07, 6.45) is 14.7. The number of carbonyl (C=O) groups excluding carboxylic acids is 1. The summed E-state index contributed by atoms with van der Waals surface area (Å²) in [5, 5.41) is 10.2. The Hall–Kier alpha value is -0.370. The predicted octanol–water partition coefficient (Wildman–Crippen LogP) is 5.62.